The Morgan fingerprint density at radius 1 is 0.818 bits per heavy atom. The lowest BCUT2D eigenvalue weighted by molar-refractivity contribution is -0.140. The van der Waals surface area contributed by atoms with Gasteiger partial charge in [-0.2, -0.15) is 0 Å². The summed E-state index contributed by atoms with van der Waals surface area (Å²) in [4.78, 5) is 11.0. The van der Waals surface area contributed by atoms with Crippen molar-refractivity contribution in [1.82, 2.24) is 0 Å². The van der Waals surface area contributed by atoms with Crippen LogP contribution in [0.25, 0.3) is 0 Å². The van der Waals surface area contributed by atoms with Crippen molar-refractivity contribution < 1.29 is 9.53 Å². The highest BCUT2D eigenvalue weighted by atomic mass is 16.5. The third-order valence-electron chi connectivity index (χ3n) is 5.18. The van der Waals surface area contributed by atoms with Crippen LogP contribution in [0.1, 0.15) is 103 Å². The summed E-state index contributed by atoms with van der Waals surface area (Å²) in [5.41, 5.74) is 0. The van der Waals surface area contributed by atoms with Gasteiger partial charge in [-0.15, -0.1) is 0 Å². The number of esters is 1. The molecular formula is C20H38O2. The molecule has 0 bridgehead atoms. The van der Waals surface area contributed by atoms with Crippen molar-refractivity contribution in [2.75, 3.05) is 7.11 Å². The number of rotatable bonds is 15. The fourth-order valence-corrected chi connectivity index (χ4v) is 3.51. The summed E-state index contributed by atoms with van der Waals surface area (Å²) in [6, 6.07) is 0. The molecule has 0 aromatic heterocycles. The van der Waals surface area contributed by atoms with Gasteiger partial charge >= 0.3 is 5.97 Å². The number of unbranched alkanes of at least 4 members (excludes halogenated alkanes) is 9. The van der Waals surface area contributed by atoms with Gasteiger partial charge in [-0.1, -0.05) is 84.0 Å². The van der Waals surface area contributed by atoms with Crippen LogP contribution in [-0.4, -0.2) is 13.1 Å². The fraction of sp³-hybridized carbons (Fsp3) is 0.950. The van der Waals surface area contributed by atoms with Crippen molar-refractivity contribution >= 4 is 5.97 Å². The first kappa shape index (κ1) is 19.5. The zero-order valence-electron chi connectivity index (χ0n) is 15.1. The van der Waals surface area contributed by atoms with E-state index >= 15 is 0 Å². The predicted molar refractivity (Wildman–Crippen MR) is 93.9 cm³/mol. The molecule has 0 radical (unpaired) electrons. The maximum absolute atomic E-state index is 11.0. The molecule has 0 aromatic rings. The first-order valence-electron chi connectivity index (χ1n) is 9.84. The summed E-state index contributed by atoms with van der Waals surface area (Å²) in [5, 5.41) is 0. The Hall–Kier alpha value is -0.530. The minimum absolute atomic E-state index is 0.0614. The highest BCUT2D eigenvalue weighted by Crippen LogP contribution is 2.45. The Balaban J connectivity index is 1.75. The van der Waals surface area contributed by atoms with Gasteiger partial charge in [0.05, 0.1) is 7.11 Å². The molecule has 0 spiro atoms. The Morgan fingerprint density at radius 3 is 1.86 bits per heavy atom. The number of hydrogen-bond donors (Lipinski definition) is 0. The van der Waals surface area contributed by atoms with Crippen molar-refractivity contribution in [2.24, 2.45) is 11.8 Å². The summed E-state index contributed by atoms with van der Waals surface area (Å²) in [6.07, 6.45) is 19.9. The quantitative estimate of drug-likeness (QED) is 0.263. The lowest BCUT2D eigenvalue weighted by atomic mass is 10.0. The molecular weight excluding hydrogens is 272 g/mol. The summed E-state index contributed by atoms with van der Waals surface area (Å²) in [6.45, 7) is 2.29. The SMILES string of the molecule is CCCCCC[C@@H]1C[C@H]1CCCCCCCCCC(=O)OC. The number of ether oxygens (including phenoxy) is 1. The van der Waals surface area contributed by atoms with Gasteiger partial charge in [0, 0.05) is 6.42 Å². The first-order chi connectivity index (χ1) is 10.8. The molecule has 0 amide bonds. The molecule has 0 saturated heterocycles. The third-order valence-corrected chi connectivity index (χ3v) is 5.18. The van der Waals surface area contributed by atoms with Crippen LogP contribution in [0.3, 0.4) is 0 Å². The van der Waals surface area contributed by atoms with Crippen LogP contribution in [0.15, 0.2) is 0 Å². The smallest absolute Gasteiger partial charge is 0.305 e. The van der Waals surface area contributed by atoms with Crippen molar-refractivity contribution in [3.05, 3.63) is 0 Å². The second-order valence-corrected chi connectivity index (χ2v) is 7.19. The van der Waals surface area contributed by atoms with E-state index in [1.165, 1.54) is 90.6 Å². The molecule has 1 aliphatic carbocycles. The number of carbonyl (C=O) groups is 1. The van der Waals surface area contributed by atoms with E-state index in [9.17, 15) is 4.79 Å². The van der Waals surface area contributed by atoms with E-state index in [4.69, 9.17) is 0 Å². The summed E-state index contributed by atoms with van der Waals surface area (Å²) >= 11 is 0. The number of carbonyl (C=O) groups excluding carboxylic acids is 1. The van der Waals surface area contributed by atoms with Crippen molar-refractivity contribution in [3.63, 3.8) is 0 Å². The Kier molecular flexibility index (Phi) is 11.5. The lowest BCUT2D eigenvalue weighted by Gasteiger charge is -2.03. The molecule has 2 nitrogen and oxygen atoms in total. The van der Waals surface area contributed by atoms with Gasteiger partial charge < -0.3 is 4.74 Å². The normalized spacial score (nSPS) is 20.1. The Morgan fingerprint density at radius 2 is 1.32 bits per heavy atom. The van der Waals surface area contributed by atoms with Gasteiger partial charge in [-0.05, 0) is 24.7 Å². The topological polar surface area (TPSA) is 26.3 Å². The van der Waals surface area contributed by atoms with Crippen LogP contribution in [0.5, 0.6) is 0 Å². The van der Waals surface area contributed by atoms with E-state index in [1.54, 1.807) is 0 Å². The van der Waals surface area contributed by atoms with Crippen LogP contribution in [0.4, 0.5) is 0 Å². The largest absolute Gasteiger partial charge is 0.469 e. The molecule has 2 atom stereocenters. The first-order valence-corrected chi connectivity index (χ1v) is 9.84. The lowest BCUT2D eigenvalue weighted by Crippen LogP contribution is -1.99. The zero-order valence-corrected chi connectivity index (χ0v) is 15.1. The van der Waals surface area contributed by atoms with E-state index in [0.717, 1.165) is 18.3 Å². The van der Waals surface area contributed by atoms with E-state index in [1.807, 2.05) is 0 Å². The average Bonchev–Trinajstić information content (AvgIpc) is 3.28. The van der Waals surface area contributed by atoms with Gasteiger partial charge in [0.15, 0.2) is 0 Å². The monoisotopic (exact) mass is 310 g/mol. The van der Waals surface area contributed by atoms with Crippen LogP contribution in [0, 0.1) is 11.8 Å². The number of methoxy groups -OCH3 is 1. The Labute approximate surface area is 138 Å². The standard InChI is InChI=1S/C20H38O2/c1-3-4-5-11-14-18-17-19(18)15-12-9-7-6-8-10-13-16-20(21)22-2/h18-19H,3-17H2,1-2H3/t18-,19-/m1/s1. The maximum Gasteiger partial charge on any atom is 0.305 e. The van der Waals surface area contributed by atoms with Gasteiger partial charge in [-0.3, -0.25) is 4.79 Å². The molecule has 22 heavy (non-hydrogen) atoms. The molecule has 1 rings (SSSR count). The molecule has 0 aromatic carbocycles. The van der Waals surface area contributed by atoms with E-state index in [0.29, 0.717) is 6.42 Å². The van der Waals surface area contributed by atoms with E-state index < -0.39 is 0 Å². The third kappa shape index (κ3) is 10.2. The molecule has 0 N–H and O–H groups in total. The molecule has 0 aliphatic heterocycles. The van der Waals surface area contributed by atoms with Crippen molar-refractivity contribution in [2.45, 2.75) is 103 Å². The fourth-order valence-electron chi connectivity index (χ4n) is 3.51. The zero-order chi connectivity index (χ0) is 16.0. The van der Waals surface area contributed by atoms with Gasteiger partial charge in [0.25, 0.3) is 0 Å². The minimum atomic E-state index is -0.0614. The molecule has 2 heteroatoms. The van der Waals surface area contributed by atoms with Crippen molar-refractivity contribution in [3.8, 4) is 0 Å². The summed E-state index contributed by atoms with van der Waals surface area (Å²) < 4.78 is 4.64. The molecule has 1 aliphatic rings. The Bertz CT molecular complexity index is 275. The van der Waals surface area contributed by atoms with Crippen LogP contribution in [0.2, 0.25) is 0 Å². The van der Waals surface area contributed by atoms with Crippen LogP contribution < -0.4 is 0 Å². The number of hydrogen-bond acceptors (Lipinski definition) is 2. The predicted octanol–water partition coefficient (Wildman–Crippen LogP) is 6.28. The maximum atomic E-state index is 11.0. The van der Waals surface area contributed by atoms with Gasteiger partial charge in [0.1, 0.15) is 0 Å². The highest BCUT2D eigenvalue weighted by molar-refractivity contribution is 5.68. The second-order valence-electron chi connectivity index (χ2n) is 7.19. The highest BCUT2D eigenvalue weighted by Gasteiger charge is 2.34. The van der Waals surface area contributed by atoms with Gasteiger partial charge in [-0.25, -0.2) is 0 Å². The van der Waals surface area contributed by atoms with Crippen LogP contribution in [-0.2, 0) is 9.53 Å². The average molecular weight is 311 g/mol. The molecule has 0 heterocycles. The molecule has 130 valence electrons. The van der Waals surface area contributed by atoms with Gasteiger partial charge in [0.2, 0.25) is 0 Å². The minimum Gasteiger partial charge on any atom is -0.469 e. The van der Waals surface area contributed by atoms with Crippen LogP contribution >= 0.6 is 0 Å². The van der Waals surface area contributed by atoms with Crippen molar-refractivity contribution in [1.29, 1.82) is 0 Å². The summed E-state index contributed by atoms with van der Waals surface area (Å²) in [5.74, 6) is 2.12. The summed E-state index contributed by atoms with van der Waals surface area (Å²) in [7, 11) is 1.47. The van der Waals surface area contributed by atoms with E-state index in [2.05, 4.69) is 11.7 Å². The van der Waals surface area contributed by atoms with E-state index in [-0.39, 0.29) is 5.97 Å². The molecule has 1 saturated carbocycles. The molecule has 0 unspecified atom stereocenters. The second kappa shape index (κ2) is 13.0. The molecule has 1 fully saturated rings.